The molecule has 1 heterocycles. The minimum atomic E-state index is -1.69. The van der Waals surface area contributed by atoms with Crippen LogP contribution in [0, 0.1) is 5.41 Å². The monoisotopic (exact) mass is 437 g/mol. The average molecular weight is 438 g/mol. The van der Waals surface area contributed by atoms with Crippen molar-refractivity contribution in [3.8, 4) is 0 Å². The van der Waals surface area contributed by atoms with E-state index in [1.165, 1.54) is 0 Å². The Balaban J connectivity index is 1.94. The van der Waals surface area contributed by atoms with Gasteiger partial charge < -0.3 is 9.84 Å². The van der Waals surface area contributed by atoms with Crippen molar-refractivity contribution in [1.82, 2.24) is 4.90 Å². The number of benzene rings is 2. The van der Waals surface area contributed by atoms with Gasteiger partial charge in [-0.15, -0.1) is 0 Å². The number of rotatable bonds is 7. The molecular weight excluding hydrogens is 402 g/mol. The van der Waals surface area contributed by atoms with Crippen LogP contribution < -0.4 is 0 Å². The first kappa shape index (κ1) is 24.0. The summed E-state index contributed by atoms with van der Waals surface area (Å²) in [7, 11) is 2.09. The highest BCUT2D eigenvalue weighted by Gasteiger charge is 2.51. The topological polar surface area (TPSA) is 66.8 Å². The van der Waals surface area contributed by atoms with E-state index in [-0.39, 0.29) is 30.0 Å². The molecule has 0 bridgehead atoms. The molecule has 1 fully saturated rings. The molecule has 0 amide bonds. The van der Waals surface area contributed by atoms with Crippen molar-refractivity contribution in [2.45, 2.75) is 70.6 Å². The number of carbonyl (C=O) groups excluding carboxylic acids is 1. The maximum absolute atomic E-state index is 13.7. The quantitative estimate of drug-likeness (QED) is 0.501. The molecule has 0 aromatic heterocycles. The number of aliphatic carboxylic acids is 1. The van der Waals surface area contributed by atoms with E-state index in [9.17, 15) is 14.7 Å². The summed E-state index contributed by atoms with van der Waals surface area (Å²) in [5.41, 5.74) is -0.437. The van der Waals surface area contributed by atoms with Crippen LogP contribution in [0.2, 0.25) is 0 Å². The van der Waals surface area contributed by atoms with Crippen LogP contribution in [0.3, 0.4) is 0 Å². The number of piperidine rings is 1. The summed E-state index contributed by atoms with van der Waals surface area (Å²) in [5.74, 6) is -1.81. The Labute approximate surface area is 191 Å². The molecule has 0 unspecified atom stereocenters. The zero-order valence-corrected chi connectivity index (χ0v) is 19.8. The smallest absolute Gasteiger partial charge is 0.324 e. The molecule has 0 radical (unpaired) electrons. The third-order valence-electron chi connectivity index (χ3n) is 7.04. The van der Waals surface area contributed by atoms with E-state index in [4.69, 9.17) is 4.74 Å². The van der Waals surface area contributed by atoms with Crippen LogP contribution in [0.25, 0.3) is 0 Å². The van der Waals surface area contributed by atoms with Gasteiger partial charge in [-0.2, -0.15) is 0 Å². The van der Waals surface area contributed by atoms with Crippen molar-refractivity contribution >= 4 is 11.9 Å². The van der Waals surface area contributed by atoms with E-state index in [0.717, 1.165) is 11.1 Å². The fourth-order valence-electron chi connectivity index (χ4n) is 4.96. The average Bonchev–Trinajstić information content (AvgIpc) is 2.72. The molecule has 0 saturated carbocycles. The molecule has 1 aliphatic heterocycles. The lowest BCUT2D eigenvalue weighted by atomic mass is 9.75. The molecule has 5 nitrogen and oxygen atoms in total. The van der Waals surface area contributed by atoms with Crippen LogP contribution in [-0.2, 0) is 27.2 Å². The minimum Gasteiger partial charge on any atom is -0.480 e. The highest BCUT2D eigenvalue weighted by molar-refractivity contribution is 6.00. The highest BCUT2D eigenvalue weighted by atomic mass is 16.5. The zero-order valence-electron chi connectivity index (χ0n) is 19.8. The van der Waals surface area contributed by atoms with E-state index >= 15 is 0 Å². The first-order valence-corrected chi connectivity index (χ1v) is 11.2. The van der Waals surface area contributed by atoms with Gasteiger partial charge in [0, 0.05) is 23.9 Å². The fraction of sp³-hybridized carbons (Fsp3) is 0.481. The van der Waals surface area contributed by atoms with E-state index in [1.54, 1.807) is 0 Å². The van der Waals surface area contributed by atoms with Crippen molar-refractivity contribution in [2.24, 2.45) is 5.41 Å². The highest BCUT2D eigenvalue weighted by Crippen LogP contribution is 2.40. The predicted octanol–water partition coefficient (Wildman–Crippen LogP) is 4.74. The van der Waals surface area contributed by atoms with Gasteiger partial charge in [0.1, 0.15) is 6.10 Å². The summed E-state index contributed by atoms with van der Waals surface area (Å²) < 4.78 is 6.04. The standard InChI is InChI=1S/C27H35NO4/c1-25(2)18-22(19-26(3,4)28(25)5)32-24(31)27(23(29)30,16-20-12-8-6-9-13-20)17-21-14-10-7-11-15-21/h6-15,22H,16-19H2,1-5H3,(H,29,30). The van der Waals surface area contributed by atoms with Crippen molar-refractivity contribution in [3.05, 3.63) is 71.8 Å². The van der Waals surface area contributed by atoms with Crippen molar-refractivity contribution < 1.29 is 19.4 Å². The van der Waals surface area contributed by atoms with Crippen LogP contribution in [-0.4, -0.2) is 46.2 Å². The summed E-state index contributed by atoms with van der Waals surface area (Å²) in [6.45, 7) is 8.53. The van der Waals surface area contributed by atoms with Gasteiger partial charge in [-0.05, 0) is 58.7 Å². The Morgan fingerprint density at radius 1 is 0.906 bits per heavy atom. The normalized spacial score (nSPS) is 18.8. The van der Waals surface area contributed by atoms with Gasteiger partial charge >= 0.3 is 11.9 Å². The van der Waals surface area contributed by atoms with Crippen molar-refractivity contribution in [3.63, 3.8) is 0 Å². The number of carboxylic acids is 1. The minimum absolute atomic E-state index is 0.0797. The van der Waals surface area contributed by atoms with E-state index < -0.39 is 17.4 Å². The Morgan fingerprint density at radius 3 is 1.69 bits per heavy atom. The van der Waals surface area contributed by atoms with Gasteiger partial charge in [-0.25, -0.2) is 0 Å². The Bertz CT molecular complexity index is 877. The van der Waals surface area contributed by atoms with Crippen LogP contribution in [0.5, 0.6) is 0 Å². The molecule has 2 aromatic rings. The second-order valence-corrected chi connectivity index (χ2v) is 10.3. The van der Waals surface area contributed by atoms with Crippen LogP contribution in [0.1, 0.15) is 51.7 Å². The molecule has 3 rings (SSSR count). The molecule has 1 saturated heterocycles. The second-order valence-electron chi connectivity index (χ2n) is 10.3. The lowest BCUT2D eigenvalue weighted by Gasteiger charge is -2.53. The van der Waals surface area contributed by atoms with Gasteiger partial charge in [-0.1, -0.05) is 60.7 Å². The molecule has 172 valence electrons. The number of likely N-dealkylation sites (tertiary alicyclic amines) is 1. The van der Waals surface area contributed by atoms with Crippen LogP contribution in [0.15, 0.2) is 60.7 Å². The van der Waals surface area contributed by atoms with E-state index in [0.29, 0.717) is 12.8 Å². The molecule has 0 spiro atoms. The summed E-state index contributed by atoms with van der Waals surface area (Å²) in [4.78, 5) is 28.7. The largest absolute Gasteiger partial charge is 0.480 e. The maximum atomic E-state index is 13.7. The summed E-state index contributed by atoms with van der Waals surface area (Å²) in [5, 5.41) is 10.4. The van der Waals surface area contributed by atoms with Gasteiger partial charge in [0.15, 0.2) is 5.41 Å². The fourth-order valence-corrected chi connectivity index (χ4v) is 4.96. The van der Waals surface area contributed by atoms with Crippen LogP contribution >= 0.6 is 0 Å². The van der Waals surface area contributed by atoms with Crippen LogP contribution in [0.4, 0.5) is 0 Å². The van der Waals surface area contributed by atoms with Gasteiger partial charge in [-0.3, -0.25) is 14.5 Å². The summed E-state index contributed by atoms with van der Waals surface area (Å²) >= 11 is 0. The number of nitrogens with zero attached hydrogens (tertiary/aromatic N) is 1. The third-order valence-corrected chi connectivity index (χ3v) is 7.04. The number of carbonyl (C=O) groups is 2. The number of ether oxygens (including phenoxy) is 1. The molecular formula is C27H35NO4. The molecule has 5 heteroatoms. The van der Waals surface area contributed by atoms with E-state index in [1.807, 2.05) is 60.7 Å². The first-order chi connectivity index (χ1) is 15.0. The number of hydrogen-bond donors (Lipinski definition) is 1. The first-order valence-electron chi connectivity index (χ1n) is 11.2. The number of hydrogen-bond acceptors (Lipinski definition) is 4. The SMILES string of the molecule is CN1C(C)(C)CC(OC(=O)C(Cc2ccccc2)(Cc2ccccc2)C(=O)O)CC1(C)C. The molecule has 2 aromatic carbocycles. The van der Waals surface area contributed by atoms with Gasteiger partial charge in [0.25, 0.3) is 0 Å². The zero-order chi connectivity index (χ0) is 23.6. The maximum Gasteiger partial charge on any atom is 0.324 e. The number of esters is 1. The number of carboxylic acid groups (broad SMARTS) is 1. The Kier molecular flexibility index (Phi) is 6.80. The Hall–Kier alpha value is -2.66. The molecule has 0 aliphatic carbocycles. The summed E-state index contributed by atoms with van der Waals surface area (Å²) in [6, 6.07) is 18.6. The molecule has 1 N–H and O–H groups in total. The second kappa shape index (κ2) is 9.07. The molecule has 1 aliphatic rings. The van der Waals surface area contributed by atoms with E-state index in [2.05, 4.69) is 39.6 Å². The lowest BCUT2D eigenvalue weighted by molar-refractivity contribution is -0.178. The van der Waals surface area contributed by atoms with Crippen molar-refractivity contribution in [2.75, 3.05) is 7.05 Å². The molecule has 0 atom stereocenters. The predicted molar refractivity (Wildman–Crippen MR) is 125 cm³/mol. The van der Waals surface area contributed by atoms with Crippen molar-refractivity contribution in [1.29, 1.82) is 0 Å². The summed E-state index contributed by atoms with van der Waals surface area (Å²) in [6.07, 6.45) is 1.14. The third kappa shape index (κ3) is 5.04. The van der Waals surface area contributed by atoms with Gasteiger partial charge in [0.05, 0.1) is 0 Å². The van der Waals surface area contributed by atoms with Gasteiger partial charge in [0.2, 0.25) is 0 Å². The molecule has 32 heavy (non-hydrogen) atoms. The Morgan fingerprint density at radius 2 is 1.31 bits per heavy atom. The lowest BCUT2D eigenvalue weighted by Crippen LogP contribution is -2.61.